The Morgan fingerprint density at radius 2 is 1.56 bits per heavy atom. The minimum absolute atomic E-state index is 0.0458. The maximum absolute atomic E-state index is 12.7. The van der Waals surface area contributed by atoms with Gasteiger partial charge in [-0.3, -0.25) is 9.59 Å². The molecule has 1 aliphatic heterocycles. The van der Waals surface area contributed by atoms with Gasteiger partial charge < -0.3 is 14.8 Å². The summed E-state index contributed by atoms with van der Waals surface area (Å²) in [5.74, 6) is -0.237. The predicted molar refractivity (Wildman–Crippen MR) is 119 cm³/mol. The number of hydrogen-bond acceptors (Lipinski definition) is 6. The molecule has 172 valence electrons. The van der Waals surface area contributed by atoms with Crippen LogP contribution in [0, 0.1) is 0 Å². The standard InChI is InChI=1S/C23H28N2O6S/c1-30-20-9-5-19(6-10-20)16-24-22(26)17-31-23(27)15-18-7-11-21(12-8-18)32(28,29)25-13-3-2-4-14-25/h5-12H,2-4,13-17H2,1H3,(H,24,26). The zero-order valence-corrected chi connectivity index (χ0v) is 18.9. The van der Waals surface area contributed by atoms with Crippen LogP contribution in [-0.2, 0) is 37.3 Å². The molecule has 9 heteroatoms. The number of methoxy groups -OCH3 is 1. The number of sulfonamides is 1. The second-order valence-corrected chi connectivity index (χ2v) is 9.51. The van der Waals surface area contributed by atoms with Gasteiger partial charge in [-0.2, -0.15) is 4.31 Å². The van der Waals surface area contributed by atoms with Crippen molar-refractivity contribution >= 4 is 21.9 Å². The number of esters is 1. The molecule has 0 atom stereocenters. The molecule has 1 aliphatic rings. The molecule has 1 saturated heterocycles. The Labute approximate surface area is 188 Å². The summed E-state index contributed by atoms with van der Waals surface area (Å²) in [5.41, 5.74) is 1.51. The molecule has 0 spiro atoms. The minimum Gasteiger partial charge on any atom is -0.497 e. The third-order valence-corrected chi connectivity index (χ3v) is 7.15. The van der Waals surface area contributed by atoms with Crippen LogP contribution >= 0.6 is 0 Å². The van der Waals surface area contributed by atoms with Crippen molar-refractivity contribution in [1.82, 2.24) is 9.62 Å². The fraction of sp³-hybridized carbons (Fsp3) is 0.391. The molecule has 0 saturated carbocycles. The van der Waals surface area contributed by atoms with Crippen molar-refractivity contribution < 1.29 is 27.5 Å². The number of nitrogens with one attached hydrogen (secondary N) is 1. The van der Waals surface area contributed by atoms with Crippen LogP contribution in [-0.4, -0.2) is 51.4 Å². The molecule has 32 heavy (non-hydrogen) atoms. The van der Waals surface area contributed by atoms with E-state index in [-0.39, 0.29) is 17.9 Å². The zero-order chi connectivity index (χ0) is 23.0. The summed E-state index contributed by atoms with van der Waals surface area (Å²) in [6.45, 7) is 1.01. The highest BCUT2D eigenvalue weighted by Gasteiger charge is 2.25. The topological polar surface area (TPSA) is 102 Å². The number of carbonyl (C=O) groups excluding carboxylic acids is 2. The Hall–Kier alpha value is -2.91. The van der Waals surface area contributed by atoms with E-state index in [0.29, 0.717) is 25.2 Å². The number of amides is 1. The van der Waals surface area contributed by atoms with Crippen LogP contribution < -0.4 is 10.1 Å². The minimum atomic E-state index is -3.50. The highest BCUT2D eigenvalue weighted by Crippen LogP contribution is 2.21. The molecule has 1 heterocycles. The Morgan fingerprint density at radius 1 is 0.938 bits per heavy atom. The highest BCUT2D eigenvalue weighted by molar-refractivity contribution is 7.89. The van der Waals surface area contributed by atoms with Gasteiger partial charge in [0.2, 0.25) is 10.0 Å². The number of ether oxygens (including phenoxy) is 2. The van der Waals surface area contributed by atoms with Crippen LogP contribution in [0.15, 0.2) is 53.4 Å². The molecule has 0 aromatic heterocycles. The largest absolute Gasteiger partial charge is 0.497 e. The highest BCUT2D eigenvalue weighted by atomic mass is 32.2. The quantitative estimate of drug-likeness (QED) is 0.576. The van der Waals surface area contributed by atoms with Crippen LogP contribution in [0.25, 0.3) is 0 Å². The van der Waals surface area contributed by atoms with Crippen molar-refractivity contribution in [2.45, 2.75) is 37.1 Å². The van der Waals surface area contributed by atoms with Gasteiger partial charge in [-0.05, 0) is 48.2 Å². The second-order valence-electron chi connectivity index (χ2n) is 7.57. The fourth-order valence-electron chi connectivity index (χ4n) is 3.39. The lowest BCUT2D eigenvalue weighted by Gasteiger charge is -2.25. The van der Waals surface area contributed by atoms with Gasteiger partial charge in [0.05, 0.1) is 18.4 Å². The first-order chi connectivity index (χ1) is 15.4. The molecule has 0 aliphatic carbocycles. The number of piperidine rings is 1. The molecular weight excluding hydrogens is 432 g/mol. The van der Waals surface area contributed by atoms with E-state index in [0.717, 1.165) is 30.6 Å². The maximum atomic E-state index is 12.7. The van der Waals surface area contributed by atoms with Crippen LogP contribution in [0.1, 0.15) is 30.4 Å². The molecule has 2 aromatic rings. The van der Waals surface area contributed by atoms with Gasteiger partial charge in [0, 0.05) is 19.6 Å². The smallest absolute Gasteiger partial charge is 0.310 e. The number of carbonyl (C=O) groups is 2. The van der Waals surface area contributed by atoms with Gasteiger partial charge in [0.25, 0.3) is 5.91 Å². The molecule has 0 bridgehead atoms. The molecule has 0 unspecified atom stereocenters. The summed E-state index contributed by atoms with van der Waals surface area (Å²) in [6, 6.07) is 13.5. The maximum Gasteiger partial charge on any atom is 0.310 e. The average molecular weight is 461 g/mol. The van der Waals surface area contributed by atoms with Crippen LogP contribution in [0.5, 0.6) is 5.75 Å². The van der Waals surface area contributed by atoms with Crippen LogP contribution in [0.4, 0.5) is 0 Å². The first-order valence-corrected chi connectivity index (χ1v) is 12.0. The van der Waals surface area contributed by atoms with Crippen molar-refractivity contribution in [3.05, 3.63) is 59.7 Å². The van der Waals surface area contributed by atoms with Gasteiger partial charge in [-0.15, -0.1) is 0 Å². The van der Waals surface area contributed by atoms with Crippen LogP contribution in [0.2, 0.25) is 0 Å². The molecule has 2 aromatic carbocycles. The summed E-state index contributed by atoms with van der Waals surface area (Å²) in [6.07, 6.45) is 2.75. The van der Waals surface area contributed by atoms with Crippen LogP contribution in [0.3, 0.4) is 0 Å². The van der Waals surface area contributed by atoms with Crippen molar-refractivity contribution in [3.8, 4) is 5.75 Å². The first kappa shape index (κ1) is 23.7. The van der Waals surface area contributed by atoms with E-state index in [1.54, 1.807) is 31.4 Å². The Bertz CT molecular complexity index is 1010. The van der Waals surface area contributed by atoms with E-state index < -0.39 is 21.9 Å². The average Bonchev–Trinajstić information content (AvgIpc) is 2.82. The van der Waals surface area contributed by atoms with Gasteiger partial charge >= 0.3 is 5.97 Å². The molecule has 8 nitrogen and oxygen atoms in total. The summed E-state index contributed by atoms with van der Waals surface area (Å²) < 4.78 is 37.0. The number of nitrogens with zero attached hydrogens (tertiary/aromatic N) is 1. The number of rotatable bonds is 9. The van der Waals surface area contributed by atoms with E-state index in [1.807, 2.05) is 12.1 Å². The lowest BCUT2D eigenvalue weighted by atomic mass is 10.1. The molecule has 1 fully saturated rings. The Morgan fingerprint density at radius 3 is 2.19 bits per heavy atom. The molecule has 1 N–H and O–H groups in total. The van der Waals surface area contributed by atoms with E-state index in [1.165, 1.54) is 16.4 Å². The van der Waals surface area contributed by atoms with Gasteiger partial charge in [0.1, 0.15) is 5.75 Å². The second kappa shape index (κ2) is 11.1. The third kappa shape index (κ3) is 6.54. The number of benzene rings is 2. The van der Waals surface area contributed by atoms with Crippen molar-refractivity contribution in [1.29, 1.82) is 0 Å². The zero-order valence-electron chi connectivity index (χ0n) is 18.1. The van der Waals surface area contributed by atoms with Gasteiger partial charge in [-0.1, -0.05) is 30.7 Å². The molecule has 3 rings (SSSR count). The van der Waals surface area contributed by atoms with E-state index in [4.69, 9.17) is 9.47 Å². The first-order valence-electron chi connectivity index (χ1n) is 10.5. The summed E-state index contributed by atoms with van der Waals surface area (Å²) in [7, 11) is -1.92. The molecule has 1 amide bonds. The van der Waals surface area contributed by atoms with Crippen molar-refractivity contribution in [2.24, 2.45) is 0 Å². The molecular formula is C23H28N2O6S. The van der Waals surface area contributed by atoms with Crippen molar-refractivity contribution in [3.63, 3.8) is 0 Å². The van der Waals surface area contributed by atoms with E-state index in [2.05, 4.69) is 5.32 Å². The van der Waals surface area contributed by atoms with E-state index in [9.17, 15) is 18.0 Å². The lowest BCUT2D eigenvalue weighted by molar-refractivity contribution is -0.147. The SMILES string of the molecule is COc1ccc(CNC(=O)COC(=O)Cc2ccc(S(=O)(=O)N3CCCCC3)cc2)cc1. The lowest BCUT2D eigenvalue weighted by Crippen LogP contribution is -2.35. The fourth-order valence-corrected chi connectivity index (χ4v) is 4.91. The van der Waals surface area contributed by atoms with Gasteiger partial charge in [0.15, 0.2) is 6.61 Å². The van der Waals surface area contributed by atoms with Crippen molar-refractivity contribution in [2.75, 3.05) is 26.8 Å². The number of hydrogen-bond donors (Lipinski definition) is 1. The van der Waals surface area contributed by atoms with E-state index >= 15 is 0 Å². The summed E-state index contributed by atoms with van der Waals surface area (Å²) in [4.78, 5) is 24.2. The van der Waals surface area contributed by atoms with Gasteiger partial charge in [-0.25, -0.2) is 8.42 Å². The Balaban J connectivity index is 1.43. The summed E-state index contributed by atoms with van der Waals surface area (Å²) >= 11 is 0. The monoisotopic (exact) mass is 460 g/mol. The predicted octanol–water partition coefficient (Wildman–Crippen LogP) is 2.27. The molecule has 0 radical (unpaired) electrons. The summed E-state index contributed by atoms with van der Waals surface area (Å²) in [5, 5.41) is 2.68. The third-order valence-electron chi connectivity index (χ3n) is 5.24. The Kier molecular flexibility index (Phi) is 8.24. The normalized spacial score (nSPS) is 14.5.